The summed E-state index contributed by atoms with van der Waals surface area (Å²) in [7, 11) is 1.36. The van der Waals surface area contributed by atoms with Gasteiger partial charge in [0.05, 0.1) is 7.11 Å². The Hall–Kier alpha value is -1.77. The minimum absolute atomic E-state index is 0.363. The van der Waals surface area contributed by atoms with Crippen molar-refractivity contribution in [2.45, 2.75) is 13.0 Å². The molecular formula is C12H12O3. The molecule has 1 atom stereocenters. The van der Waals surface area contributed by atoms with E-state index >= 15 is 0 Å². The molecule has 0 fully saturated rings. The molecule has 0 radical (unpaired) electrons. The third-order valence-corrected chi connectivity index (χ3v) is 2.38. The van der Waals surface area contributed by atoms with Gasteiger partial charge in [0.1, 0.15) is 5.75 Å². The lowest BCUT2D eigenvalue weighted by Crippen LogP contribution is -2.31. The monoisotopic (exact) mass is 204 g/mol. The maximum Gasteiger partial charge on any atom is 0.351 e. The van der Waals surface area contributed by atoms with Crippen molar-refractivity contribution in [3.8, 4) is 5.75 Å². The number of benzene rings is 1. The number of rotatable bonds is 1. The molecule has 2 rings (SSSR count). The van der Waals surface area contributed by atoms with E-state index in [0.29, 0.717) is 0 Å². The second-order valence-corrected chi connectivity index (χ2v) is 3.45. The van der Waals surface area contributed by atoms with Gasteiger partial charge in [0.25, 0.3) is 0 Å². The van der Waals surface area contributed by atoms with Crippen LogP contribution in [0.2, 0.25) is 0 Å². The molecule has 3 heteroatoms. The van der Waals surface area contributed by atoms with Crippen LogP contribution in [-0.4, -0.2) is 19.2 Å². The molecule has 1 heterocycles. The fraction of sp³-hybridized carbons (Fsp3) is 0.250. The van der Waals surface area contributed by atoms with E-state index in [1.807, 2.05) is 37.3 Å². The van der Waals surface area contributed by atoms with E-state index in [1.165, 1.54) is 7.11 Å². The van der Waals surface area contributed by atoms with Crippen molar-refractivity contribution in [1.82, 2.24) is 0 Å². The number of esters is 1. The van der Waals surface area contributed by atoms with E-state index in [0.717, 1.165) is 16.9 Å². The van der Waals surface area contributed by atoms with Crippen molar-refractivity contribution >= 4 is 12.0 Å². The van der Waals surface area contributed by atoms with E-state index < -0.39 is 6.10 Å². The molecule has 0 aromatic heterocycles. The van der Waals surface area contributed by atoms with Crippen LogP contribution in [0.25, 0.3) is 6.08 Å². The first kappa shape index (κ1) is 9.77. The van der Waals surface area contributed by atoms with Crippen LogP contribution in [0, 0.1) is 0 Å². The van der Waals surface area contributed by atoms with Gasteiger partial charge in [-0.2, -0.15) is 0 Å². The average Bonchev–Trinajstić information content (AvgIpc) is 2.27. The molecule has 0 bridgehead atoms. The van der Waals surface area contributed by atoms with Gasteiger partial charge in [-0.1, -0.05) is 18.2 Å². The standard InChI is InChI=1S/C12H12O3/c1-8-7-9-5-3-4-6-10(9)15-11(8)12(13)14-2/h3-7,11H,1-2H3. The molecule has 0 N–H and O–H groups in total. The van der Waals surface area contributed by atoms with E-state index in [9.17, 15) is 4.79 Å². The van der Waals surface area contributed by atoms with Crippen molar-refractivity contribution in [1.29, 1.82) is 0 Å². The van der Waals surface area contributed by atoms with Crippen molar-refractivity contribution in [2.75, 3.05) is 7.11 Å². The van der Waals surface area contributed by atoms with Gasteiger partial charge in [-0.05, 0) is 24.6 Å². The van der Waals surface area contributed by atoms with Crippen molar-refractivity contribution in [3.05, 3.63) is 35.4 Å². The van der Waals surface area contributed by atoms with Gasteiger partial charge < -0.3 is 9.47 Å². The van der Waals surface area contributed by atoms with Crippen LogP contribution < -0.4 is 4.74 Å². The van der Waals surface area contributed by atoms with Gasteiger partial charge in [-0.15, -0.1) is 0 Å². The fourth-order valence-corrected chi connectivity index (χ4v) is 1.59. The molecule has 15 heavy (non-hydrogen) atoms. The number of methoxy groups -OCH3 is 1. The SMILES string of the molecule is COC(=O)C1Oc2ccccc2C=C1C. The van der Waals surface area contributed by atoms with Gasteiger partial charge in [0.2, 0.25) is 6.10 Å². The normalized spacial score (nSPS) is 18.5. The van der Waals surface area contributed by atoms with Crippen LogP contribution >= 0.6 is 0 Å². The van der Waals surface area contributed by atoms with E-state index in [-0.39, 0.29) is 5.97 Å². The van der Waals surface area contributed by atoms with Crippen LogP contribution in [0.3, 0.4) is 0 Å². The molecule has 3 nitrogen and oxygen atoms in total. The Kier molecular flexibility index (Phi) is 2.46. The van der Waals surface area contributed by atoms with Crippen LogP contribution in [0.5, 0.6) is 5.75 Å². The van der Waals surface area contributed by atoms with Crippen molar-refractivity contribution < 1.29 is 14.3 Å². The Balaban J connectivity index is 2.36. The highest BCUT2D eigenvalue weighted by molar-refractivity contribution is 5.82. The Morgan fingerprint density at radius 1 is 1.40 bits per heavy atom. The molecule has 1 aliphatic heterocycles. The summed E-state index contributed by atoms with van der Waals surface area (Å²) in [5, 5.41) is 0. The number of hydrogen-bond donors (Lipinski definition) is 0. The third kappa shape index (κ3) is 1.73. The molecule has 0 aliphatic carbocycles. The number of ether oxygens (including phenoxy) is 2. The van der Waals surface area contributed by atoms with Crippen LogP contribution in [-0.2, 0) is 9.53 Å². The molecule has 1 unspecified atom stereocenters. The largest absolute Gasteiger partial charge is 0.474 e. The molecule has 0 amide bonds. The van der Waals surface area contributed by atoms with Crippen molar-refractivity contribution in [2.24, 2.45) is 0 Å². The zero-order valence-electron chi connectivity index (χ0n) is 8.69. The van der Waals surface area contributed by atoms with E-state index in [1.54, 1.807) is 0 Å². The highest BCUT2D eigenvalue weighted by Gasteiger charge is 2.27. The van der Waals surface area contributed by atoms with Gasteiger partial charge in [-0.25, -0.2) is 4.79 Å². The summed E-state index contributed by atoms with van der Waals surface area (Å²) in [5.41, 5.74) is 1.86. The third-order valence-electron chi connectivity index (χ3n) is 2.38. The van der Waals surface area contributed by atoms with Gasteiger partial charge in [0.15, 0.2) is 0 Å². The molecule has 1 aromatic carbocycles. The highest BCUT2D eigenvalue weighted by Crippen LogP contribution is 2.29. The number of fused-ring (bicyclic) bond motifs is 1. The number of carbonyl (C=O) groups is 1. The molecule has 1 aliphatic rings. The van der Waals surface area contributed by atoms with Gasteiger partial charge in [-0.3, -0.25) is 0 Å². The topological polar surface area (TPSA) is 35.5 Å². The van der Waals surface area contributed by atoms with E-state index in [2.05, 4.69) is 4.74 Å². The Labute approximate surface area is 88.3 Å². The summed E-state index contributed by atoms with van der Waals surface area (Å²) < 4.78 is 10.2. The van der Waals surface area contributed by atoms with Crippen LogP contribution in [0.15, 0.2) is 29.8 Å². The lowest BCUT2D eigenvalue weighted by molar-refractivity contribution is -0.147. The predicted octanol–water partition coefficient (Wildman–Crippen LogP) is 2.02. The zero-order valence-corrected chi connectivity index (χ0v) is 8.69. The van der Waals surface area contributed by atoms with Crippen LogP contribution in [0.1, 0.15) is 12.5 Å². The van der Waals surface area contributed by atoms with Crippen molar-refractivity contribution in [3.63, 3.8) is 0 Å². The number of para-hydroxylation sites is 1. The van der Waals surface area contributed by atoms with E-state index in [4.69, 9.17) is 4.74 Å². The summed E-state index contributed by atoms with van der Waals surface area (Å²) in [5.74, 6) is 0.358. The lowest BCUT2D eigenvalue weighted by atomic mass is 10.0. The average molecular weight is 204 g/mol. The first-order chi connectivity index (χ1) is 7.22. The zero-order chi connectivity index (χ0) is 10.8. The second kappa shape index (κ2) is 3.77. The summed E-state index contributed by atoms with van der Waals surface area (Å²) in [6, 6.07) is 7.60. The minimum atomic E-state index is -0.607. The molecule has 0 saturated heterocycles. The Morgan fingerprint density at radius 3 is 2.87 bits per heavy atom. The maximum atomic E-state index is 11.4. The quantitative estimate of drug-likeness (QED) is 0.656. The Bertz CT molecular complexity index is 421. The molecule has 0 spiro atoms. The minimum Gasteiger partial charge on any atom is -0.474 e. The first-order valence-electron chi connectivity index (χ1n) is 4.74. The fourth-order valence-electron chi connectivity index (χ4n) is 1.59. The number of carbonyl (C=O) groups excluding carboxylic acids is 1. The smallest absolute Gasteiger partial charge is 0.351 e. The van der Waals surface area contributed by atoms with Gasteiger partial charge in [0, 0.05) is 5.56 Å². The summed E-state index contributed by atoms with van der Waals surface area (Å²) >= 11 is 0. The van der Waals surface area contributed by atoms with Crippen LogP contribution in [0.4, 0.5) is 0 Å². The maximum absolute atomic E-state index is 11.4. The summed E-state index contributed by atoms with van der Waals surface area (Å²) in [6.45, 7) is 1.86. The summed E-state index contributed by atoms with van der Waals surface area (Å²) in [6.07, 6.45) is 1.34. The molecule has 78 valence electrons. The first-order valence-corrected chi connectivity index (χ1v) is 4.74. The molecule has 0 saturated carbocycles. The molecule has 1 aromatic rings. The number of hydrogen-bond acceptors (Lipinski definition) is 3. The summed E-state index contributed by atoms with van der Waals surface area (Å²) in [4.78, 5) is 11.4. The second-order valence-electron chi connectivity index (χ2n) is 3.45. The predicted molar refractivity (Wildman–Crippen MR) is 56.5 cm³/mol. The van der Waals surface area contributed by atoms with Gasteiger partial charge >= 0.3 is 5.97 Å². The molecular weight excluding hydrogens is 192 g/mol. The Morgan fingerprint density at radius 2 is 2.13 bits per heavy atom. The lowest BCUT2D eigenvalue weighted by Gasteiger charge is -2.23. The highest BCUT2D eigenvalue weighted by atomic mass is 16.6.